The van der Waals surface area contributed by atoms with E-state index in [4.69, 9.17) is 4.42 Å². The fraction of sp³-hybridized carbons (Fsp3) is 0.444. The Balaban J connectivity index is 1.68. The third kappa shape index (κ3) is 3.55. The van der Waals surface area contributed by atoms with Crippen molar-refractivity contribution in [1.82, 2.24) is 5.43 Å². The average Bonchev–Trinajstić information content (AvgIpc) is 3.14. The molecule has 0 saturated carbocycles. The summed E-state index contributed by atoms with van der Waals surface area (Å²) in [6.45, 7) is 6.90. The molecule has 0 fully saturated rings. The minimum Gasteiger partial charge on any atom is -0.463 e. The van der Waals surface area contributed by atoms with E-state index in [9.17, 15) is 4.79 Å². The van der Waals surface area contributed by atoms with Crippen LogP contribution in [0.4, 0.5) is 0 Å². The van der Waals surface area contributed by atoms with E-state index < -0.39 is 0 Å². The second-order valence-corrected chi connectivity index (χ2v) is 8.04. The highest BCUT2D eigenvalue weighted by Crippen LogP contribution is 2.40. The number of nitrogens with zero attached hydrogens (tertiary/aromatic N) is 1. The molecule has 3 rings (SSSR count). The van der Waals surface area contributed by atoms with Gasteiger partial charge in [-0.1, -0.05) is 20.8 Å². The van der Waals surface area contributed by atoms with Gasteiger partial charge in [0.15, 0.2) is 0 Å². The summed E-state index contributed by atoms with van der Waals surface area (Å²) >= 11 is 1.70. The number of fused-ring (bicyclic) bond motifs is 1. The lowest BCUT2D eigenvalue weighted by molar-refractivity contribution is 0.0954. The molecule has 0 aromatic carbocycles. The Morgan fingerprint density at radius 3 is 3.00 bits per heavy atom. The van der Waals surface area contributed by atoms with Crippen LogP contribution >= 0.6 is 11.3 Å². The van der Waals surface area contributed by atoms with Crippen molar-refractivity contribution in [3.8, 4) is 0 Å². The number of amides is 1. The molecule has 1 aliphatic carbocycles. The minimum absolute atomic E-state index is 0.139. The van der Waals surface area contributed by atoms with Crippen LogP contribution in [0.25, 0.3) is 0 Å². The normalized spacial score (nSPS) is 18.1. The molecule has 5 heteroatoms. The molecule has 1 amide bonds. The van der Waals surface area contributed by atoms with Gasteiger partial charge in [-0.3, -0.25) is 4.79 Å². The fourth-order valence-corrected chi connectivity index (χ4v) is 4.18. The van der Waals surface area contributed by atoms with Crippen LogP contribution in [-0.2, 0) is 12.8 Å². The van der Waals surface area contributed by atoms with Crippen LogP contribution in [0.3, 0.4) is 0 Å². The first-order valence-corrected chi connectivity index (χ1v) is 8.79. The average molecular weight is 330 g/mol. The first-order chi connectivity index (χ1) is 10.9. The summed E-state index contributed by atoms with van der Waals surface area (Å²) in [5.41, 5.74) is 4.89. The third-order valence-corrected chi connectivity index (χ3v) is 5.58. The van der Waals surface area contributed by atoms with E-state index in [1.54, 1.807) is 29.7 Å². The van der Waals surface area contributed by atoms with E-state index in [-0.39, 0.29) is 5.91 Å². The molecular formula is C18H22N2O2S. The molecule has 2 aromatic rings. The summed E-state index contributed by atoms with van der Waals surface area (Å²) in [6.07, 6.45) is 6.28. The zero-order chi connectivity index (χ0) is 16.4. The van der Waals surface area contributed by atoms with Gasteiger partial charge in [0.2, 0.25) is 0 Å². The van der Waals surface area contributed by atoms with Gasteiger partial charge < -0.3 is 4.42 Å². The molecular weight excluding hydrogens is 308 g/mol. The van der Waals surface area contributed by atoms with Gasteiger partial charge in [-0.05, 0) is 48.3 Å². The van der Waals surface area contributed by atoms with E-state index in [1.807, 2.05) is 5.38 Å². The van der Waals surface area contributed by atoms with Crippen molar-refractivity contribution in [2.75, 3.05) is 0 Å². The summed E-state index contributed by atoms with van der Waals surface area (Å²) in [5.74, 6) is 1.16. The monoisotopic (exact) mass is 330 g/mol. The molecule has 2 aromatic heterocycles. The lowest BCUT2D eigenvalue weighted by Gasteiger charge is -2.33. The van der Waals surface area contributed by atoms with Gasteiger partial charge >= 0.3 is 0 Å². The molecule has 2 heterocycles. The first-order valence-electron chi connectivity index (χ1n) is 7.91. The second-order valence-electron chi connectivity index (χ2n) is 7.07. The standard InChI is InChI=1S/C18H22N2O2S/c1-18(2,3)12-6-7-14-15(11-23-16(14)9-12)17(21)20-19-10-13-5-4-8-22-13/h4-5,8,10-12H,6-7,9H2,1-3H3,(H,20,21)/b19-10-/t12-/m0/s1. The Bertz CT molecular complexity index is 708. The number of carbonyl (C=O) groups is 1. The predicted octanol–water partition coefficient (Wildman–Crippen LogP) is 4.26. The Labute approximate surface area is 140 Å². The van der Waals surface area contributed by atoms with Crippen LogP contribution in [0.15, 0.2) is 33.3 Å². The van der Waals surface area contributed by atoms with E-state index >= 15 is 0 Å². The molecule has 1 aliphatic rings. The van der Waals surface area contributed by atoms with Crippen LogP contribution in [0.1, 0.15) is 53.8 Å². The largest absolute Gasteiger partial charge is 0.463 e. The number of nitrogens with one attached hydrogen (secondary N) is 1. The molecule has 0 aliphatic heterocycles. The smallest absolute Gasteiger partial charge is 0.272 e. The van der Waals surface area contributed by atoms with Gasteiger partial charge in [-0.15, -0.1) is 11.3 Å². The van der Waals surface area contributed by atoms with Crippen LogP contribution in [0.2, 0.25) is 0 Å². The molecule has 122 valence electrons. The van der Waals surface area contributed by atoms with Gasteiger partial charge in [0, 0.05) is 10.3 Å². The maximum Gasteiger partial charge on any atom is 0.272 e. The molecule has 0 spiro atoms. The van der Waals surface area contributed by atoms with E-state index in [2.05, 4.69) is 31.3 Å². The maximum absolute atomic E-state index is 12.3. The highest BCUT2D eigenvalue weighted by Gasteiger charge is 2.31. The number of carbonyl (C=O) groups excluding carboxylic acids is 1. The van der Waals surface area contributed by atoms with Gasteiger partial charge in [0.05, 0.1) is 18.0 Å². The summed E-state index contributed by atoms with van der Waals surface area (Å²) in [4.78, 5) is 13.7. The number of rotatable bonds is 3. The molecule has 0 saturated heterocycles. The van der Waals surface area contributed by atoms with E-state index in [0.29, 0.717) is 17.1 Å². The van der Waals surface area contributed by atoms with Crippen molar-refractivity contribution in [2.45, 2.75) is 40.0 Å². The lowest BCUT2D eigenvalue weighted by Crippen LogP contribution is -2.27. The number of hydrogen-bond donors (Lipinski definition) is 1. The van der Waals surface area contributed by atoms with Gasteiger partial charge in [-0.2, -0.15) is 5.10 Å². The molecule has 23 heavy (non-hydrogen) atoms. The number of furan rings is 1. The molecule has 0 unspecified atom stereocenters. The molecule has 1 N–H and O–H groups in total. The lowest BCUT2D eigenvalue weighted by atomic mass is 9.72. The van der Waals surface area contributed by atoms with Crippen molar-refractivity contribution in [3.63, 3.8) is 0 Å². The zero-order valence-corrected chi connectivity index (χ0v) is 14.6. The van der Waals surface area contributed by atoms with Crippen LogP contribution in [0.5, 0.6) is 0 Å². The number of hydrazone groups is 1. The third-order valence-electron chi connectivity index (χ3n) is 4.53. The van der Waals surface area contributed by atoms with Crippen molar-refractivity contribution >= 4 is 23.5 Å². The minimum atomic E-state index is -0.139. The Morgan fingerprint density at radius 2 is 2.30 bits per heavy atom. The summed E-state index contributed by atoms with van der Waals surface area (Å²) < 4.78 is 5.14. The second kappa shape index (κ2) is 6.32. The molecule has 4 nitrogen and oxygen atoms in total. The Hall–Kier alpha value is -1.88. The summed E-state index contributed by atoms with van der Waals surface area (Å²) in [6, 6.07) is 3.57. The topological polar surface area (TPSA) is 54.6 Å². The quantitative estimate of drug-likeness (QED) is 0.675. The van der Waals surface area contributed by atoms with E-state index in [1.165, 1.54) is 16.7 Å². The molecule has 0 radical (unpaired) electrons. The van der Waals surface area contributed by atoms with Crippen LogP contribution in [-0.4, -0.2) is 12.1 Å². The maximum atomic E-state index is 12.3. The van der Waals surface area contributed by atoms with Crippen molar-refractivity contribution in [3.05, 3.63) is 45.5 Å². The van der Waals surface area contributed by atoms with Gasteiger partial charge in [0.25, 0.3) is 5.91 Å². The van der Waals surface area contributed by atoms with Crippen LogP contribution < -0.4 is 5.43 Å². The van der Waals surface area contributed by atoms with E-state index in [0.717, 1.165) is 24.8 Å². The first kappa shape index (κ1) is 16.0. The number of thiophene rings is 1. The van der Waals surface area contributed by atoms with Gasteiger partial charge in [-0.25, -0.2) is 5.43 Å². The van der Waals surface area contributed by atoms with Gasteiger partial charge in [0.1, 0.15) is 5.76 Å². The summed E-state index contributed by atoms with van der Waals surface area (Å²) in [7, 11) is 0. The fourth-order valence-electron chi connectivity index (χ4n) is 3.02. The van der Waals surface area contributed by atoms with Crippen molar-refractivity contribution in [2.24, 2.45) is 16.4 Å². The van der Waals surface area contributed by atoms with Crippen molar-refractivity contribution < 1.29 is 9.21 Å². The molecule has 0 bridgehead atoms. The zero-order valence-electron chi connectivity index (χ0n) is 13.8. The Morgan fingerprint density at radius 1 is 1.48 bits per heavy atom. The number of hydrogen-bond acceptors (Lipinski definition) is 4. The summed E-state index contributed by atoms with van der Waals surface area (Å²) in [5, 5.41) is 5.92. The van der Waals surface area contributed by atoms with Crippen LogP contribution in [0, 0.1) is 11.3 Å². The highest BCUT2D eigenvalue weighted by molar-refractivity contribution is 7.10. The van der Waals surface area contributed by atoms with Crippen molar-refractivity contribution in [1.29, 1.82) is 0 Å². The highest BCUT2D eigenvalue weighted by atomic mass is 32.1. The SMILES string of the molecule is CC(C)(C)[C@H]1CCc2c(C(=O)N/N=C\c3ccco3)csc2C1. The molecule has 1 atom stereocenters. The Kier molecular flexibility index (Phi) is 4.39. The predicted molar refractivity (Wildman–Crippen MR) is 93.1 cm³/mol.